The number of nitrogens with one attached hydrogen (secondary N) is 1. The number of nitrogens with two attached hydrogens (primary N) is 1. The minimum atomic E-state index is -0.321. The number of aromatic nitrogens is 7. The zero-order valence-corrected chi connectivity index (χ0v) is 21.0. The van der Waals surface area contributed by atoms with Gasteiger partial charge in [0.25, 0.3) is 0 Å². The Labute approximate surface area is 222 Å². The molecule has 1 aliphatic carbocycles. The van der Waals surface area contributed by atoms with E-state index in [4.69, 9.17) is 27.3 Å². The molecule has 0 spiro atoms. The summed E-state index contributed by atoms with van der Waals surface area (Å²) in [6.07, 6.45) is 9.13. The second kappa shape index (κ2) is 8.78. The Balaban J connectivity index is 1.18. The molecule has 190 valence electrons. The number of H-pyrrole nitrogens is 1. The summed E-state index contributed by atoms with van der Waals surface area (Å²) in [5.74, 6) is 1.21. The maximum absolute atomic E-state index is 14.7. The SMILES string of the molecule is NC[C@]1(c2ccccc2F)[C@@H]2CCN(c3cnc4c(-c5ccnc(-c6cncnc6)c5Cl)n[nH]c4n3)C[C@@H]21. The van der Waals surface area contributed by atoms with E-state index in [1.807, 2.05) is 12.1 Å². The summed E-state index contributed by atoms with van der Waals surface area (Å²) in [5.41, 5.74) is 10.4. The van der Waals surface area contributed by atoms with E-state index >= 15 is 0 Å². The molecular formula is C27H23ClFN9. The van der Waals surface area contributed by atoms with Gasteiger partial charge in [-0.15, -0.1) is 0 Å². The Bertz CT molecular complexity index is 1660. The number of rotatable bonds is 5. The Kier molecular flexibility index (Phi) is 5.34. The van der Waals surface area contributed by atoms with Crippen molar-refractivity contribution in [2.45, 2.75) is 11.8 Å². The second-order valence-corrected chi connectivity index (χ2v) is 10.2. The number of anilines is 1. The minimum Gasteiger partial charge on any atom is -0.355 e. The number of hydrogen-bond acceptors (Lipinski definition) is 8. The zero-order valence-electron chi connectivity index (χ0n) is 20.2. The Morgan fingerprint density at radius 2 is 1.92 bits per heavy atom. The summed E-state index contributed by atoms with van der Waals surface area (Å²) < 4.78 is 14.7. The molecule has 7 rings (SSSR count). The highest BCUT2D eigenvalue weighted by atomic mass is 35.5. The van der Waals surface area contributed by atoms with Crippen molar-refractivity contribution in [3.8, 4) is 22.5 Å². The molecule has 2 aliphatic rings. The van der Waals surface area contributed by atoms with Crippen LogP contribution in [0.2, 0.25) is 5.02 Å². The Hall–Kier alpha value is -4.02. The van der Waals surface area contributed by atoms with Gasteiger partial charge in [0.15, 0.2) is 5.65 Å². The number of fused-ring (bicyclic) bond motifs is 2. The van der Waals surface area contributed by atoms with E-state index in [9.17, 15) is 4.39 Å². The van der Waals surface area contributed by atoms with Crippen LogP contribution in [0.15, 0.2) is 61.4 Å². The van der Waals surface area contributed by atoms with Crippen molar-refractivity contribution < 1.29 is 4.39 Å². The molecule has 2 fully saturated rings. The molecule has 0 bridgehead atoms. The van der Waals surface area contributed by atoms with Crippen LogP contribution in [0, 0.1) is 17.7 Å². The van der Waals surface area contributed by atoms with Gasteiger partial charge in [-0.25, -0.2) is 24.3 Å². The minimum absolute atomic E-state index is 0.178. The van der Waals surface area contributed by atoms with Crippen LogP contribution in [0.3, 0.4) is 0 Å². The quantitative estimate of drug-likeness (QED) is 0.351. The number of hydrogen-bond donors (Lipinski definition) is 2. The van der Waals surface area contributed by atoms with E-state index in [2.05, 4.69) is 30.0 Å². The molecule has 0 amide bonds. The molecular weight excluding hydrogens is 505 g/mol. The third-order valence-corrected chi connectivity index (χ3v) is 8.48. The van der Waals surface area contributed by atoms with Crippen LogP contribution < -0.4 is 10.6 Å². The van der Waals surface area contributed by atoms with Crippen molar-refractivity contribution in [1.29, 1.82) is 0 Å². The van der Waals surface area contributed by atoms with Crippen LogP contribution >= 0.6 is 11.6 Å². The lowest BCUT2D eigenvalue weighted by Crippen LogP contribution is -2.32. The predicted molar refractivity (Wildman–Crippen MR) is 142 cm³/mol. The van der Waals surface area contributed by atoms with Gasteiger partial charge in [-0.1, -0.05) is 29.8 Å². The summed E-state index contributed by atoms with van der Waals surface area (Å²) >= 11 is 6.75. The average molecular weight is 528 g/mol. The molecule has 9 nitrogen and oxygen atoms in total. The highest BCUT2D eigenvalue weighted by molar-refractivity contribution is 6.36. The third-order valence-electron chi connectivity index (χ3n) is 8.10. The molecule has 3 atom stereocenters. The largest absolute Gasteiger partial charge is 0.355 e. The van der Waals surface area contributed by atoms with Gasteiger partial charge < -0.3 is 10.6 Å². The molecule has 0 radical (unpaired) electrons. The van der Waals surface area contributed by atoms with Crippen molar-refractivity contribution in [3.63, 3.8) is 0 Å². The first-order valence-electron chi connectivity index (χ1n) is 12.4. The fourth-order valence-electron chi connectivity index (χ4n) is 6.22. The lowest BCUT2D eigenvalue weighted by Gasteiger charge is -2.26. The van der Waals surface area contributed by atoms with Gasteiger partial charge in [0.2, 0.25) is 0 Å². The van der Waals surface area contributed by atoms with E-state index in [-0.39, 0.29) is 17.2 Å². The number of halogens is 2. The van der Waals surface area contributed by atoms with Crippen molar-refractivity contribution in [2.24, 2.45) is 17.6 Å². The van der Waals surface area contributed by atoms with E-state index < -0.39 is 0 Å². The number of nitrogens with zero attached hydrogens (tertiary/aromatic N) is 7. The standard InChI is InChI=1S/C27H23ClFN9/c28-22-16(5-7-33-23(22)15-9-31-14-32-10-15)24-25-26(37-36-24)35-21(11-34-25)38-8-6-17-19(12-38)27(17,13-30)18-3-1-2-4-20(18)29/h1-5,7,9-11,14,17,19H,6,8,12-13,30H2,(H,35,36,37)/t17-,19+,27-/m1/s1. The Morgan fingerprint density at radius 3 is 2.74 bits per heavy atom. The van der Waals surface area contributed by atoms with Gasteiger partial charge in [-0.3, -0.25) is 10.1 Å². The van der Waals surface area contributed by atoms with Gasteiger partial charge >= 0.3 is 0 Å². The van der Waals surface area contributed by atoms with Gasteiger partial charge in [0.1, 0.15) is 29.2 Å². The number of piperidine rings is 1. The monoisotopic (exact) mass is 527 g/mol. The summed E-state index contributed by atoms with van der Waals surface area (Å²) in [6, 6.07) is 8.81. The lowest BCUT2D eigenvalue weighted by atomic mass is 9.91. The van der Waals surface area contributed by atoms with E-state index in [1.54, 1.807) is 36.9 Å². The van der Waals surface area contributed by atoms with E-state index in [0.29, 0.717) is 51.2 Å². The van der Waals surface area contributed by atoms with Gasteiger partial charge in [0, 0.05) is 54.8 Å². The van der Waals surface area contributed by atoms with Crippen LogP contribution in [0.4, 0.5) is 10.2 Å². The van der Waals surface area contributed by atoms with Gasteiger partial charge in [-0.2, -0.15) is 5.10 Å². The summed E-state index contributed by atoms with van der Waals surface area (Å²) in [6.45, 7) is 1.98. The average Bonchev–Trinajstić information content (AvgIpc) is 3.42. The summed E-state index contributed by atoms with van der Waals surface area (Å²) in [4.78, 5) is 24.3. The van der Waals surface area contributed by atoms with Crippen LogP contribution in [-0.4, -0.2) is 54.8 Å². The first-order valence-corrected chi connectivity index (χ1v) is 12.8. The lowest BCUT2D eigenvalue weighted by molar-refractivity contribution is 0.533. The predicted octanol–water partition coefficient (Wildman–Crippen LogP) is 4.02. The second-order valence-electron chi connectivity index (χ2n) is 9.82. The molecule has 11 heteroatoms. The van der Waals surface area contributed by atoms with Crippen LogP contribution in [0.1, 0.15) is 12.0 Å². The van der Waals surface area contributed by atoms with Crippen molar-refractivity contribution in [2.75, 3.05) is 24.5 Å². The fraction of sp³-hybridized carbons (Fsp3) is 0.259. The molecule has 0 unspecified atom stereocenters. The van der Waals surface area contributed by atoms with E-state index in [0.717, 1.165) is 30.9 Å². The topological polar surface area (TPSA) is 122 Å². The normalized spacial score (nSPS) is 22.4. The Morgan fingerprint density at radius 1 is 1.08 bits per heavy atom. The van der Waals surface area contributed by atoms with Crippen molar-refractivity contribution in [3.05, 3.63) is 77.8 Å². The molecule has 3 N–H and O–H groups in total. The molecule has 1 saturated heterocycles. The summed E-state index contributed by atoms with van der Waals surface area (Å²) in [7, 11) is 0. The van der Waals surface area contributed by atoms with E-state index in [1.165, 1.54) is 12.4 Å². The molecule has 5 heterocycles. The smallest absolute Gasteiger partial charge is 0.177 e. The number of pyridine rings is 1. The van der Waals surface area contributed by atoms with Crippen molar-refractivity contribution >= 4 is 28.6 Å². The van der Waals surface area contributed by atoms with Crippen LogP contribution in [-0.2, 0) is 5.41 Å². The first-order chi connectivity index (χ1) is 18.6. The number of benzene rings is 1. The molecule has 4 aromatic heterocycles. The van der Waals surface area contributed by atoms with Crippen LogP contribution in [0.25, 0.3) is 33.7 Å². The van der Waals surface area contributed by atoms with Gasteiger partial charge in [0.05, 0.1) is 16.9 Å². The number of aromatic amines is 1. The third kappa shape index (κ3) is 3.40. The highest BCUT2D eigenvalue weighted by Gasteiger charge is 2.66. The maximum Gasteiger partial charge on any atom is 0.177 e. The van der Waals surface area contributed by atoms with Gasteiger partial charge in [-0.05, 0) is 36.0 Å². The fourth-order valence-corrected chi connectivity index (χ4v) is 6.53. The molecule has 1 aromatic carbocycles. The summed E-state index contributed by atoms with van der Waals surface area (Å²) in [5, 5.41) is 7.93. The maximum atomic E-state index is 14.7. The molecule has 1 saturated carbocycles. The zero-order chi connectivity index (χ0) is 25.9. The first kappa shape index (κ1) is 23.1. The molecule has 38 heavy (non-hydrogen) atoms. The van der Waals surface area contributed by atoms with Crippen molar-refractivity contribution in [1.82, 2.24) is 35.1 Å². The highest BCUT2D eigenvalue weighted by Crippen LogP contribution is 2.63. The molecule has 1 aliphatic heterocycles. The van der Waals surface area contributed by atoms with Crippen LogP contribution in [0.5, 0.6) is 0 Å². The molecule has 5 aromatic rings.